The Morgan fingerprint density at radius 1 is 1.48 bits per heavy atom. The van der Waals surface area contributed by atoms with Crippen molar-refractivity contribution in [2.24, 2.45) is 5.92 Å². The van der Waals surface area contributed by atoms with Crippen LogP contribution in [0.1, 0.15) is 37.0 Å². The lowest BCUT2D eigenvalue weighted by Crippen LogP contribution is -2.46. The van der Waals surface area contributed by atoms with E-state index in [1.54, 1.807) is 0 Å². The Labute approximate surface area is 132 Å². The quantitative estimate of drug-likeness (QED) is 0.875. The van der Waals surface area contributed by atoms with Crippen LogP contribution in [0.15, 0.2) is 17.5 Å². The average molecular weight is 309 g/mol. The van der Waals surface area contributed by atoms with E-state index in [0.29, 0.717) is 6.04 Å². The average Bonchev–Trinajstić information content (AvgIpc) is 3.16. The Balaban J connectivity index is 1.50. The van der Waals surface area contributed by atoms with Crippen molar-refractivity contribution in [1.29, 1.82) is 0 Å². The van der Waals surface area contributed by atoms with Gasteiger partial charge in [0.05, 0.1) is 12.2 Å². The number of aryl methyl sites for hydroxylation is 1. The SMILES string of the molecule is CNC(CCCc1cccs1)C1CCOC2(CCOC2)C1. The van der Waals surface area contributed by atoms with Gasteiger partial charge in [0, 0.05) is 30.6 Å². The molecule has 2 aliphatic heterocycles. The standard InChI is InChI=1S/C17H27NO2S/c1-18-16(6-2-4-15-5-3-11-21-15)14-7-9-20-17(12-14)8-10-19-13-17/h3,5,11,14,16,18H,2,4,6-10,12-13H2,1H3. The number of hydrogen-bond acceptors (Lipinski definition) is 4. The maximum Gasteiger partial charge on any atom is 0.0939 e. The third-order valence-electron chi connectivity index (χ3n) is 5.06. The lowest BCUT2D eigenvalue weighted by atomic mass is 9.79. The van der Waals surface area contributed by atoms with Crippen LogP contribution in [0.4, 0.5) is 0 Å². The van der Waals surface area contributed by atoms with Crippen LogP contribution in [0.25, 0.3) is 0 Å². The van der Waals surface area contributed by atoms with E-state index in [9.17, 15) is 0 Å². The first-order chi connectivity index (χ1) is 10.3. The largest absolute Gasteiger partial charge is 0.378 e. The zero-order chi connectivity index (χ0) is 14.5. The van der Waals surface area contributed by atoms with Crippen LogP contribution in [0.5, 0.6) is 0 Å². The lowest BCUT2D eigenvalue weighted by Gasteiger charge is -2.40. The van der Waals surface area contributed by atoms with Crippen molar-refractivity contribution >= 4 is 11.3 Å². The summed E-state index contributed by atoms with van der Waals surface area (Å²) in [4.78, 5) is 1.51. The summed E-state index contributed by atoms with van der Waals surface area (Å²) in [6, 6.07) is 5.02. The summed E-state index contributed by atoms with van der Waals surface area (Å²) in [5, 5.41) is 5.74. The van der Waals surface area contributed by atoms with Crippen molar-refractivity contribution in [3.8, 4) is 0 Å². The third-order valence-corrected chi connectivity index (χ3v) is 5.99. The number of rotatable bonds is 6. The highest BCUT2D eigenvalue weighted by Gasteiger charge is 2.42. The summed E-state index contributed by atoms with van der Waals surface area (Å²) in [6.45, 7) is 2.57. The molecule has 3 heterocycles. The van der Waals surface area contributed by atoms with Gasteiger partial charge in [-0.25, -0.2) is 0 Å². The second-order valence-corrected chi connectivity index (χ2v) is 7.49. The molecule has 2 aliphatic rings. The van der Waals surface area contributed by atoms with Gasteiger partial charge in [0.1, 0.15) is 0 Å². The molecule has 21 heavy (non-hydrogen) atoms. The van der Waals surface area contributed by atoms with E-state index in [0.717, 1.165) is 38.6 Å². The summed E-state index contributed by atoms with van der Waals surface area (Å²) in [5.74, 6) is 0.730. The first-order valence-corrected chi connectivity index (χ1v) is 9.11. The Morgan fingerprint density at radius 2 is 2.43 bits per heavy atom. The van der Waals surface area contributed by atoms with Gasteiger partial charge in [-0.05, 0) is 56.5 Å². The lowest BCUT2D eigenvalue weighted by molar-refractivity contribution is -0.103. The van der Waals surface area contributed by atoms with E-state index < -0.39 is 0 Å². The van der Waals surface area contributed by atoms with Crippen molar-refractivity contribution < 1.29 is 9.47 Å². The fraction of sp³-hybridized carbons (Fsp3) is 0.765. The fourth-order valence-corrected chi connectivity index (χ4v) is 4.59. The minimum atomic E-state index is 0.0335. The maximum atomic E-state index is 6.06. The molecule has 1 aromatic rings. The predicted molar refractivity (Wildman–Crippen MR) is 86.9 cm³/mol. The van der Waals surface area contributed by atoms with E-state index in [2.05, 4.69) is 29.9 Å². The second kappa shape index (κ2) is 7.23. The van der Waals surface area contributed by atoms with Gasteiger partial charge < -0.3 is 14.8 Å². The molecule has 0 saturated carbocycles. The molecular weight excluding hydrogens is 282 g/mol. The van der Waals surface area contributed by atoms with Crippen molar-refractivity contribution in [2.45, 2.75) is 50.2 Å². The minimum Gasteiger partial charge on any atom is -0.378 e. The topological polar surface area (TPSA) is 30.5 Å². The van der Waals surface area contributed by atoms with E-state index in [1.165, 1.54) is 30.6 Å². The van der Waals surface area contributed by atoms with Gasteiger partial charge in [-0.15, -0.1) is 11.3 Å². The molecule has 3 nitrogen and oxygen atoms in total. The van der Waals surface area contributed by atoms with Gasteiger partial charge in [-0.3, -0.25) is 0 Å². The molecule has 0 radical (unpaired) electrons. The highest BCUT2D eigenvalue weighted by Crippen LogP contribution is 2.37. The van der Waals surface area contributed by atoms with Crippen LogP contribution in [-0.4, -0.2) is 38.5 Å². The first kappa shape index (κ1) is 15.5. The molecule has 3 unspecified atom stereocenters. The molecular formula is C17H27NO2S. The molecule has 118 valence electrons. The van der Waals surface area contributed by atoms with E-state index in [-0.39, 0.29) is 5.60 Å². The van der Waals surface area contributed by atoms with Crippen molar-refractivity contribution in [3.05, 3.63) is 22.4 Å². The summed E-state index contributed by atoms with van der Waals surface area (Å²) in [6.07, 6.45) is 7.18. The second-order valence-electron chi connectivity index (χ2n) is 6.45. The molecule has 1 spiro atoms. The smallest absolute Gasteiger partial charge is 0.0939 e. The van der Waals surface area contributed by atoms with Gasteiger partial charge in [0.25, 0.3) is 0 Å². The van der Waals surface area contributed by atoms with Gasteiger partial charge in [-0.1, -0.05) is 6.07 Å². The van der Waals surface area contributed by atoms with E-state index >= 15 is 0 Å². The maximum absolute atomic E-state index is 6.06. The van der Waals surface area contributed by atoms with Gasteiger partial charge >= 0.3 is 0 Å². The van der Waals surface area contributed by atoms with E-state index in [1.807, 2.05) is 11.3 Å². The number of hydrogen-bond donors (Lipinski definition) is 1. The van der Waals surface area contributed by atoms with Gasteiger partial charge in [-0.2, -0.15) is 0 Å². The van der Waals surface area contributed by atoms with Crippen LogP contribution < -0.4 is 5.32 Å². The molecule has 0 aromatic carbocycles. The summed E-state index contributed by atoms with van der Waals surface area (Å²) in [7, 11) is 2.11. The zero-order valence-corrected chi connectivity index (χ0v) is 13.8. The van der Waals surface area contributed by atoms with E-state index in [4.69, 9.17) is 9.47 Å². The van der Waals surface area contributed by atoms with Gasteiger partial charge in [0.2, 0.25) is 0 Å². The molecule has 2 saturated heterocycles. The summed E-state index contributed by atoms with van der Waals surface area (Å²) < 4.78 is 11.6. The Bertz CT molecular complexity index is 414. The van der Waals surface area contributed by atoms with Crippen molar-refractivity contribution in [2.75, 3.05) is 26.9 Å². The number of thiophene rings is 1. The molecule has 0 amide bonds. The Hall–Kier alpha value is -0.420. The fourth-order valence-electron chi connectivity index (χ4n) is 3.84. The molecule has 1 N–H and O–H groups in total. The summed E-state index contributed by atoms with van der Waals surface area (Å²) >= 11 is 1.88. The normalized spacial score (nSPS) is 30.8. The highest BCUT2D eigenvalue weighted by molar-refractivity contribution is 7.09. The molecule has 3 atom stereocenters. The highest BCUT2D eigenvalue weighted by atomic mass is 32.1. The zero-order valence-electron chi connectivity index (χ0n) is 13.0. The van der Waals surface area contributed by atoms with Crippen molar-refractivity contribution in [3.63, 3.8) is 0 Å². The molecule has 2 fully saturated rings. The first-order valence-electron chi connectivity index (χ1n) is 8.23. The molecule has 3 rings (SSSR count). The molecule has 0 aliphatic carbocycles. The third kappa shape index (κ3) is 3.86. The van der Waals surface area contributed by atoms with Crippen LogP contribution in [0.3, 0.4) is 0 Å². The van der Waals surface area contributed by atoms with Crippen LogP contribution in [-0.2, 0) is 15.9 Å². The summed E-state index contributed by atoms with van der Waals surface area (Å²) in [5.41, 5.74) is 0.0335. The molecule has 4 heteroatoms. The minimum absolute atomic E-state index is 0.0335. The van der Waals surface area contributed by atoms with Crippen LogP contribution in [0.2, 0.25) is 0 Å². The van der Waals surface area contributed by atoms with Crippen molar-refractivity contribution in [1.82, 2.24) is 5.32 Å². The van der Waals surface area contributed by atoms with Gasteiger partial charge in [0.15, 0.2) is 0 Å². The number of nitrogens with one attached hydrogen (secondary N) is 1. The number of ether oxygens (including phenoxy) is 2. The van der Waals surface area contributed by atoms with Crippen LogP contribution >= 0.6 is 11.3 Å². The monoisotopic (exact) mass is 309 g/mol. The Morgan fingerprint density at radius 3 is 3.14 bits per heavy atom. The molecule has 1 aromatic heterocycles. The predicted octanol–water partition coefficient (Wildman–Crippen LogP) is 3.24. The van der Waals surface area contributed by atoms with Crippen LogP contribution in [0, 0.1) is 5.92 Å². The molecule has 0 bridgehead atoms. The Kier molecular flexibility index (Phi) is 5.33.